The van der Waals surface area contributed by atoms with Gasteiger partial charge in [-0.25, -0.2) is 4.79 Å². The van der Waals surface area contributed by atoms with Crippen molar-refractivity contribution in [2.75, 3.05) is 38.2 Å². The van der Waals surface area contributed by atoms with E-state index >= 15 is 0 Å². The highest BCUT2D eigenvalue weighted by molar-refractivity contribution is 5.89. The number of anilines is 1. The summed E-state index contributed by atoms with van der Waals surface area (Å²) in [5, 5.41) is 38.2. The van der Waals surface area contributed by atoms with Crippen molar-refractivity contribution in [1.82, 2.24) is 10.6 Å². The fourth-order valence-corrected chi connectivity index (χ4v) is 4.70. The minimum Gasteiger partial charge on any atom is -0.508 e. The molecule has 0 bridgehead atoms. The van der Waals surface area contributed by atoms with Crippen molar-refractivity contribution in [3.8, 4) is 5.75 Å². The van der Waals surface area contributed by atoms with E-state index in [2.05, 4.69) is 40.2 Å². The molecule has 0 aliphatic heterocycles. The summed E-state index contributed by atoms with van der Waals surface area (Å²) in [7, 11) is 0. The van der Waals surface area contributed by atoms with Gasteiger partial charge < -0.3 is 36.0 Å². The van der Waals surface area contributed by atoms with Crippen molar-refractivity contribution >= 4 is 11.7 Å². The first-order valence-corrected chi connectivity index (χ1v) is 15.1. The average Bonchev–Trinajstić information content (AvgIpc) is 3.00. The number of aliphatic hydroxyl groups excluding tert-OH is 2. The number of hydrogen-bond acceptors (Lipinski definition) is 6. The van der Waals surface area contributed by atoms with Crippen LogP contribution in [-0.4, -0.2) is 54.2 Å². The number of aliphatic hydroxyl groups is 2. The van der Waals surface area contributed by atoms with Crippen LogP contribution in [0, 0.1) is 0 Å². The van der Waals surface area contributed by atoms with E-state index in [0.29, 0.717) is 24.2 Å². The molecule has 0 unspecified atom stereocenters. The molecule has 0 aliphatic rings. The predicted octanol–water partition coefficient (Wildman–Crippen LogP) is 5.47. The monoisotopic (exact) mass is 577 g/mol. The molecule has 0 saturated carbocycles. The molecule has 8 nitrogen and oxygen atoms in total. The summed E-state index contributed by atoms with van der Waals surface area (Å²) in [4.78, 5) is 12.0. The molecule has 1 atom stereocenters. The number of urea groups is 1. The third-order valence-corrected chi connectivity index (χ3v) is 7.11. The van der Waals surface area contributed by atoms with Gasteiger partial charge in [-0.05, 0) is 86.0 Å². The predicted molar refractivity (Wildman–Crippen MR) is 168 cm³/mol. The maximum absolute atomic E-state index is 12.0. The van der Waals surface area contributed by atoms with Crippen molar-refractivity contribution in [3.63, 3.8) is 0 Å². The Morgan fingerprint density at radius 3 is 2.31 bits per heavy atom. The van der Waals surface area contributed by atoms with Crippen LogP contribution in [0.25, 0.3) is 0 Å². The molecule has 228 valence electrons. The first-order valence-electron chi connectivity index (χ1n) is 15.1. The number of rotatable bonds is 20. The quantitative estimate of drug-likeness (QED) is 0.0990. The Balaban J connectivity index is 1.13. The maximum atomic E-state index is 12.0. The van der Waals surface area contributed by atoms with Crippen LogP contribution in [0.3, 0.4) is 0 Å². The number of carbonyl (C=O) groups is 1. The van der Waals surface area contributed by atoms with Gasteiger partial charge in [0.2, 0.25) is 0 Å². The van der Waals surface area contributed by atoms with Gasteiger partial charge in [-0.3, -0.25) is 0 Å². The van der Waals surface area contributed by atoms with Gasteiger partial charge in [-0.1, -0.05) is 61.4 Å². The van der Waals surface area contributed by atoms with Gasteiger partial charge in [0, 0.05) is 37.6 Å². The second-order valence-corrected chi connectivity index (χ2v) is 10.6. The molecule has 0 heterocycles. The molecule has 3 aromatic rings. The Morgan fingerprint density at radius 1 is 0.786 bits per heavy atom. The molecule has 6 N–H and O–H groups in total. The smallest absolute Gasteiger partial charge is 0.319 e. The molecule has 0 saturated heterocycles. The van der Waals surface area contributed by atoms with Gasteiger partial charge in [0.1, 0.15) is 5.75 Å². The Hall–Kier alpha value is -3.43. The Labute approximate surface area is 250 Å². The summed E-state index contributed by atoms with van der Waals surface area (Å²) in [6, 6.07) is 22.6. The highest BCUT2D eigenvalue weighted by Gasteiger charge is 2.10. The summed E-state index contributed by atoms with van der Waals surface area (Å²) in [6.45, 7) is 3.19. The zero-order valence-electron chi connectivity index (χ0n) is 24.6. The molecule has 2 amide bonds. The fourth-order valence-electron chi connectivity index (χ4n) is 4.70. The first kappa shape index (κ1) is 33.1. The van der Waals surface area contributed by atoms with E-state index in [1.807, 2.05) is 30.3 Å². The molecular formula is C34H47N3O5. The summed E-state index contributed by atoms with van der Waals surface area (Å²) in [5.74, 6) is 0.0421. The lowest BCUT2D eigenvalue weighted by molar-refractivity contribution is 0.126. The minimum atomic E-state index is -0.671. The number of aromatic hydroxyl groups is 1. The van der Waals surface area contributed by atoms with E-state index in [1.54, 1.807) is 12.1 Å². The SMILES string of the molecule is O=C(NCCc1cccc(CCCCOCCCCCCNC[C@H](O)c2ccc(O)c(CO)c2)c1)Nc1ccccc1. The van der Waals surface area contributed by atoms with Gasteiger partial charge in [0.15, 0.2) is 0 Å². The van der Waals surface area contributed by atoms with E-state index in [4.69, 9.17) is 4.74 Å². The van der Waals surface area contributed by atoms with Crippen molar-refractivity contribution in [3.05, 3.63) is 95.1 Å². The summed E-state index contributed by atoms with van der Waals surface area (Å²) in [6.07, 6.45) is 7.61. The van der Waals surface area contributed by atoms with Gasteiger partial charge in [-0.2, -0.15) is 0 Å². The largest absolute Gasteiger partial charge is 0.508 e. The van der Waals surface area contributed by atoms with Gasteiger partial charge >= 0.3 is 6.03 Å². The number of phenols is 1. The third kappa shape index (κ3) is 13.0. The fraction of sp³-hybridized carbons (Fsp3) is 0.441. The number of nitrogens with one attached hydrogen (secondary N) is 3. The molecular weight excluding hydrogens is 530 g/mol. The van der Waals surface area contributed by atoms with Crippen LogP contribution in [-0.2, 0) is 24.2 Å². The van der Waals surface area contributed by atoms with E-state index in [1.165, 1.54) is 17.2 Å². The number of para-hydroxylation sites is 1. The lowest BCUT2D eigenvalue weighted by Crippen LogP contribution is -2.30. The number of aryl methyl sites for hydroxylation is 1. The normalized spacial score (nSPS) is 11.8. The van der Waals surface area contributed by atoms with Crippen LogP contribution >= 0.6 is 0 Å². The number of hydrogen-bond donors (Lipinski definition) is 6. The molecule has 0 aliphatic carbocycles. The summed E-state index contributed by atoms with van der Waals surface area (Å²) < 4.78 is 5.82. The number of ether oxygens (including phenoxy) is 1. The Kier molecular flexibility index (Phi) is 15.5. The second kappa shape index (κ2) is 19.6. The van der Waals surface area contributed by atoms with Crippen LogP contribution in [0.1, 0.15) is 66.9 Å². The second-order valence-electron chi connectivity index (χ2n) is 10.6. The van der Waals surface area contributed by atoms with Crippen molar-refractivity contribution in [2.45, 2.75) is 64.1 Å². The Bertz CT molecular complexity index is 1170. The van der Waals surface area contributed by atoms with Crippen LogP contribution in [0.5, 0.6) is 5.75 Å². The molecule has 8 heteroatoms. The molecule has 0 fully saturated rings. The van der Waals surface area contributed by atoms with Crippen LogP contribution in [0.2, 0.25) is 0 Å². The highest BCUT2D eigenvalue weighted by atomic mass is 16.5. The van der Waals surface area contributed by atoms with Crippen LogP contribution in [0.15, 0.2) is 72.8 Å². The molecule has 42 heavy (non-hydrogen) atoms. The standard InChI is InChI=1S/C34H47N3O5/c38-26-30-24-29(16-17-32(30)39)33(40)25-35-19-7-1-2-8-21-42-22-9-6-11-27-12-10-13-28(23-27)18-20-36-34(41)37-31-14-4-3-5-15-31/h3-5,10,12-17,23-24,33,35,38-40H,1-2,6-9,11,18-22,25-26H2,(H2,36,37,41)/t33-/m0/s1. The van der Waals surface area contributed by atoms with E-state index in [-0.39, 0.29) is 18.4 Å². The summed E-state index contributed by atoms with van der Waals surface area (Å²) in [5.41, 5.74) is 4.44. The van der Waals surface area contributed by atoms with Crippen molar-refractivity contribution in [2.24, 2.45) is 0 Å². The van der Waals surface area contributed by atoms with E-state index < -0.39 is 6.10 Å². The maximum Gasteiger partial charge on any atom is 0.319 e. The zero-order valence-corrected chi connectivity index (χ0v) is 24.6. The number of unbranched alkanes of at least 4 members (excludes halogenated alkanes) is 4. The van der Waals surface area contributed by atoms with Crippen LogP contribution in [0.4, 0.5) is 10.5 Å². The van der Waals surface area contributed by atoms with Gasteiger partial charge in [0.25, 0.3) is 0 Å². The number of benzene rings is 3. The van der Waals surface area contributed by atoms with Crippen molar-refractivity contribution < 1.29 is 24.9 Å². The topological polar surface area (TPSA) is 123 Å². The lowest BCUT2D eigenvalue weighted by Gasteiger charge is -2.14. The number of carbonyl (C=O) groups excluding carboxylic acids is 1. The van der Waals surface area contributed by atoms with Crippen LogP contribution < -0.4 is 16.0 Å². The third-order valence-electron chi connectivity index (χ3n) is 7.11. The molecule has 0 aromatic heterocycles. The van der Waals surface area contributed by atoms with Gasteiger partial charge in [0.05, 0.1) is 12.7 Å². The molecule has 3 rings (SSSR count). The lowest BCUT2D eigenvalue weighted by atomic mass is 10.0. The van der Waals surface area contributed by atoms with Crippen molar-refractivity contribution in [1.29, 1.82) is 0 Å². The molecule has 0 spiro atoms. The molecule has 3 aromatic carbocycles. The number of amides is 2. The summed E-state index contributed by atoms with van der Waals surface area (Å²) >= 11 is 0. The average molecular weight is 578 g/mol. The zero-order chi connectivity index (χ0) is 29.8. The Morgan fingerprint density at radius 2 is 1.52 bits per heavy atom. The first-order chi connectivity index (χ1) is 20.5. The molecule has 0 radical (unpaired) electrons. The van der Waals surface area contributed by atoms with Gasteiger partial charge in [-0.15, -0.1) is 0 Å². The minimum absolute atomic E-state index is 0.0421. The van der Waals surface area contributed by atoms with E-state index in [0.717, 1.165) is 76.8 Å². The van der Waals surface area contributed by atoms with E-state index in [9.17, 15) is 20.1 Å². The highest BCUT2D eigenvalue weighted by Crippen LogP contribution is 2.22.